The number of hydrogen-bond donors (Lipinski definition) is 0. The van der Waals surface area contributed by atoms with Crippen LogP contribution in [0.3, 0.4) is 0 Å². The molecule has 0 N–H and O–H groups in total. The van der Waals surface area contributed by atoms with Crippen LogP contribution < -0.4 is 0 Å². The maximum absolute atomic E-state index is 4.63. The standard InChI is InChI=1S/C16H13NS/c1-12-4-9-16-13(11-12)5-6-14(17-16)7-8-15-3-2-10-18-15/h2-11H,1H3/b8-7+. The Bertz CT molecular complexity index is 696. The highest BCUT2D eigenvalue weighted by molar-refractivity contribution is 7.10. The summed E-state index contributed by atoms with van der Waals surface area (Å²) in [6, 6.07) is 14.7. The number of benzene rings is 1. The number of hydrogen-bond acceptors (Lipinski definition) is 2. The highest BCUT2D eigenvalue weighted by Gasteiger charge is 1.96. The molecule has 0 saturated heterocycles. The fraction of sp³-hybridized carbons (Fsp3) is 0.0625. The SMILES string of the molecule is Cc1ccc2nc(/C=C/c3cccs3)ccc2c1. The second-order valence-corrected chi connectivity index (χ2v) is 5.26. The summed E-state index contributed by atoms with van der Waals surface area (Å²) in [4.78, 5) is 5.88. The number of pyridine rings is 1. The molecule has 0 aliphatic carbocycles. The lowest BCUT2D eigenvalue weighted by Crippen LogP contribution is -1.83. The molecule has 0 atom stereocenters. The van der Waals surface area contributed by atoms with Crippen molar-refractivity contribution < 1.29 is 0 Å². The Labute approximate surface area is 110 Å². The molecule has 0 spiro atoms. The van der Waals surface area contributed by atoms with Gasteiger partial charge in [-0.25, -0.2) is 4.98 Å². The molecule has 0 bridgehead atoms. The number of aryl methyl sites for hydroxylation is 1. The van der Waals surface area contributed by atoms with Crippen molar-refractivity contribution in [2.24, 2.45) is 0 Å². The highest BCUT2D eigenvalue weighted by Crippen LogP contribution is 2.17. The predicted molar refractivity (Wildman–Crippen MR) is 79.7 cm³/mol. The summed E-state index contributed by atoms with van der Waals surface area (Å²) in [7, 11) is 0. The maximum Gasteiger partial charge on any atom is 0.0709 e. The minimum Gasteiger partial charge on any atom is -0.248 e. The zero-order valence-corrected chi connectivity index (χ0v) is 10.9. The molecule has 0 aliphatic heterocycles. The molecule has 2 heterocycles. The topological polar surface area (TPSA) is 12.9 Å². The fourth-order valence-electron chi connectivity index (χ4n) is 1.91. The molecule has 0 unspecified atom stereocenters. The quantitative estimate of drug-likeness (QED) is 0.639. The average Bonchev–Trinajstić information content (AvgIpc) is 2.89. The van der Waals surface area contributed by atoms with Gasteiger partial charge in [0.25, 0.3) is 0 Å². The third kappa shape index (κ3) is 2.34. The Morgan fingerprint density at radius 3 is 2.83 bits per heavy atom. The van der Waals surface area contributed by atoms with Crippen LogP contribution in [-0.4, -0.2) is 4.98 Å². The van der Waals surface area contributed by atoms with E-state index in [1.807, 2.05) is 0 Å². The molecule has 0 radical (unpaired) electrons. The van der Waals surface area contributed by atoms with Crippen molar-refractivity contribution >= 4 is 34.4 Å². The second kappa shape index (κ2) is 4.75. The van der Waals surface area contributed by atoms with Crippen molar-refractivity contribution in [2.45, 2.75) is 6.92 Å². The van der Waals surface area contributed by atoms with Gasteiger partial charge in [-0.15, -0.1) is 11.3 Å². The van der Waals surface area contributed by atoms with Crippen LogP contribution in [0.5, 0.6) is 0 Å². The van der Waals surface area contributed by atoms with Crippen LogP contribution in [0.1, 0.15) is 16.1 Å². The molecule has 88 valence electrons. The van der Waals surface area contributed by atoms with E-state index in [-0.39, 0.29) is 0 Å². The first-order chi connectivity index (χ1) is 8.81. The number of nitrogens with zero attached hydrogens (tertiary/aromatic N) is 1. The van der Waals surface area contributed by atoms with Gasteiger partial charge in [-0.3, -0.25) is 0 Å². The van der Waals surface area contributed by atoms with Crippen molar-refractivity contribution in [1.29, 1.82) is 0 Å². The van der Waals surface area contributed by atoms with Crippen molar-refractivity contribution in [3.8, 4) is 0 Å². The third-order valence-corrected chi connectivity index (χ3v) is 3.67. The molecule has 3 rings (SSSR count). The van der Waals surface area contributed by atoms with Crippen molar-refractivity contribution in [2.75, 3.05) is 0 Å². The van der Waals surface area contributed by atoms with E-state index in [2.05, 4.69) is 71.9 Å². The van der Waals surface area contributed by atoms with Crippen molar-refractivity contribution in [1.82, 2.24) is 4.98 Å². The van der Waals surface area contributed by atoms with E-state index in [9.17, 15) is 0 Å². The zero-order chi connectivity index (χ0) is 12.4. The molecule has 3 aromatic rings. The molecule has 0 fully saturated rings. The highest BCUT2D eigenvalue weighted by atomic mass is 32.1. The number of fused-ring (bicyclic) bond motifs is 1. The van der Waals surface area contributed by atoms with Gasteiger partial charge in [0.1, 0.15) is 0 Å². The summed E-state index contributed by atoms with van der Waals surface area (Å²) >= 11 is 1.73. The van der Waals surface area contributed by atoms with Crippen molar-refractivity contribution in [3.63, 3.8) is 0 Å². The maximum atomic E-state index is 4.63. The minimum atomic E-state index is 1.000. The first-order valence-electron chi connectivity index (χ1n) is 5.90. The van der Waals surface area contributed by atoms with E-state index < -0.39 is 0 Å². The van der Waals surface area contributed by atoms with Gasteiger partial charge in [0, 0.05) is 10.3 Å². The molecule has 18 heavy (non-hydrogen) atoms. The molecular weight excluding hydrogens is 238 g/mol. The summed E-state index contributed by atoms with van der Waals surface area (Å²) in [6.07, 6.45) is 4.16. The Kier molecular flexibility index (Phi) is 2.95. The predicted octanol–water partition coefficient (Wildman–Crippen LogP) is 4.78. The zero-order valence-electron chi connectivity index (χ0n) is 10.1. The average molecular weight is 251 g/mol. The van der Waals surface area contributed by atoms with Gasteiger partial charge in [0.2, 0.25) is 0 Å². The van der Waals surface area contributed by atoms with E-state index >= 15 is 0 Å². The van der Waals surface area contributed by atoms with Crippen LogP contribution in [-0.2, 0) is 0 Å². The molecule has 0 amide bonds. The lowest BCUT2D eigenvalue weighted by atomic mass is 10.1. The van der Waals surface area contributed by atoms with Crippen molar-refractivity contribution in [3.05, 3.63) is 64.0 Å². The van der Waals surface area contributed by atoms with Crippen LogP contribution in [0.15, 0.2) is 47.8 Å². The molecule has 1 aromatic carbocycles. The van der Waals surface area contributed by atoms with Gasteiger partial charge in [0.15, 0.2) is 0 Å². The monoisotopic (exact) mass is 251 g/mol. The summed E-state index contributed by atoms with van der Waals surface area (Å²) in [5, 5.41) is 3.28. The van der Waals surface area contributed by atoms with E-state index in [0.717, 1.165) is 11.2 Å². The molecule has 2 heteroatoms. The van der Waals surface area contributed by atoms with Gasteiger partial charge >= 0.3 is 0 Å². The van der Waals surface area contributed by atoms with Gasteiger partial charge < -0.3 is 0 Å². The van der Waals surface area contributed by atoms with Crippen LogP contribution in [0.2, 0.25) is 0 Å². The van der Waals surface area contributed by atoms with E-state index in [0.29, 0.717) is 0 Å². The lowest BCUT2D eigenvalue weighted by molar-refractivity contribution is 1.36. The summed E-state index contributed by atoms with van der Waals surface area (Å²) in [5.41, 5.74) is 3.32. The summed E-state index contributed by atoms with van der Waals surface area (Å²) in [5.74, 6) is 0. The number of thiophene rings is 1. The fourth-order valence-corrected chi connectivity index (χ4v) is 2.53. The van der Waals surface area contributed by atoms with Crippen LogP contribution in [0, 0.1) is 6.92 Å². The second-order valence-electron chi connectivity index (χ2n) is 4.28. The van der Waals surface area contributed by atoms with Gasteiger partial charge in [-0.05, 0) is 48.7 Å². The Morgan fingerprint density at radius 2 is 2.00 bits per heavy atom. The number of rotatable bonds is 2. The lowest BCUT2D eigenvalue weighted by Gasteiger charge is -2.00. The molecule has 0 saturated carbocycles. The van der Waals surface area contributed by atoms with Crippen LogP contribution in [0.4, 0.5) is 0 Å². The van der Waals surface area contributed by atoms with Gasteiger partial charge in [-0.1, -0.05) is 23.8 Å². The Hall–Kier alpha value is -1.93. The van der Waals surface area contributed by atoms with Gasteiger partial charge in [-0.2, -0.15) is 0 Å². The normalized spacial score (nSPS) is 11.4. The van der Waals surface area contributed by atoms with Crippen LogP contribution >= 0.6 is 11.3 Å². The first-order valence-corrected chi connectivity index (χ1v) is 6.78. The Balaban J connectivity index is 1.96. The number of aromatic nitrogens is 1. The summed E-state index contributed by atoms with van der Waals surface area (Å²) in [6.45, 7) is 2.10. The van der Waals surface area contributed by atoms with E-state index in [1.54, 1.807) is 11.3 Å². The molecule has 0 aliphatic rings. The molecule has 1 nitrogen and oxygen atoms in total. The Morgan fingerprint density at radius 1 is 1.06 bits per heavy atom. The molecular formula is C16H13NS. The van der Waals surface area contributed by atoms with E-state index in [4.69, 9.17) is 0 Å². The van der Waals surface area contributed by atoms with Gasteiger partial charge in [0.05, 0.1) is 11.2 Å². The summed E-state index contributed by atoms with van der Waals surface area (Å²) < 4.78 is 0. The van der Waals surface area contributed by atoms with E-state index in [1.165, 1.54) is 15.8 Å². The van der Waals surface area contributed by atoms with Crippen LogP contribution in [0.25, 0.3) is 23.1 Å². The largest absolute Gasteiger partial charge is 0.248 e. The first kappa shape index (κ1) is 11.2. The third-order valence-electron chi connectivity index (χ3n) is 2.83. The molecule has 2 aromatic heterocycles. The minimum absolute atomic E-state index is 1.000. The smallest absolute Gasteiger partial charge is 0.0709 e.